The van der Waals surface area contributed by atoms with Crippen LogP contribution in [0, 0.1) is 11.6 Å². The second-order valence-corrected chi connectivity index (χ2v) is 8.34. The van der Waals surface area contributed by atoms with Crippen LogP contribution in [0.4, 0.5) is 19.3 Å². The molecule has 1 atom stereocenters. The van der Waals surface area contributed by atoms with E-state index in [4.69, 9.17) is 14.2 Å². The van der Waals surface area contributed by atoms with E-state index < -0.39 is 29.7 Å². The van der Waals surface area contributed by atoms with Gasteiger partial charge in [-0.2, -0.15) is 0 Å². The van der Waals surface area contributed by atoms with E-state index in [1.54, 1.807) is 31.2 Å². The van der Waals surface area contributed by atoms with Crippen molar-refractivity contribution in [3.63, 3.8) is 0 Å². The van der Waals surface area contributed by atoms with Crippen molar-refractivity contribution in [2.45, 2.75) is 45.6 Å². The van der Waals surface area contributed by atoms with E-state index in [2.05, 4.69) is 12.2 Å². The molecule has 10 heteroatoms. The van der Waals surface area contributed by atoms with Crippen molar-refractivity contribution < 1.29 is 37.7 Å². The van der Waals surface area contributed by atoms with Crippen molar-refractivity contribution in [2.24, 2.45) is 0 Å². The van der Waals surface area contributed by atoms with E-state index in [1.165, 1.54) is 11.0 Å². The summed E-state index contributed by atoms with van der Waals surface area (Å²) in [5.74, 6) is -2.07. The largest absolute Gasteiger partial charge is 0.492 e. The van der Waals surface area contributed by atoms with Crippen molar-refractivity contribution >= 4 is 17.7 Å². The SMILES string of the molecule is CCCCCOCCN(CCOc1ccc(CC(OCC)C(=O)O)cc1)C(=O)Nc1ccc(F)cc1F. The monoisotopic (exact) mass is 522 g/mol. The van der Waals surface area contributed by atoms with Crippen LogP contribution in [-0.4, -0.2) is 67.6 Å². The predicted octanol–water partition coefficient (Wildman–Crippen LogP) is 5.12. The van der Waals surface area contributed by atoms with Crippen molar-refractivity contribution in [2.75, 3.05) is 44.8 Å². The van der Waals surface area contributed by atoms with Crippen LogP contribution in [0.2, 0.25) is 0 Å². The van der Waals surface area contributed by atoms with Crippen molar-refractivity contribution in [3.8, 4) is 5.75 Å². The Balaban J connectivity index is 1.92. The number of unbranched alkanes of at least 4 members (excludes halogenated alkanes) is 2. The molecule has 0 aliphatic heterocycles. The molecule has 0 heterocycles. The van der Waals surface area contributed by atoms with Gasteiger partial charge in [0.25, 0.3) is 0 Å². The van der Waals surface area contributed by atoms with Gasteiger partial charge in [-0.25, -0.2) is 18.4 Å². The molecule has 2 aromatic rings. The molecule has 37 heavy (non-hydrogen) atoms. The number of anilines is 1. The first kappa shape index (κ1) is 30.0. The summed E-state index contributed by atoms with van der Waals surface area (Å²) < 4.78 is 43.8. The molecule has 0 aliphatic rings. The number of hydrogen-bond acceptors (Lipinski definition) is 5. The maximum atomic E-state index is 14.0. The van der Waals surface area contributed by atoms with Gasteiger partial charge in [-0.05, 0) is 43.2 Å². The van der Waals surface area contributed by atoms with Crippen LogP contribution in [0.5, 0.6) is 5.75 Å². The Bertz CT molecular complexity index is 974. The second-order valence-electron chi connectivity index (χ2n) is 8.34. The van der Waals surface area contributed by atoms with Crippen molar-refractivity contribution in [1.82, 2.24) is 4.90 Å². The fraction of sp³-hybridized carbons (Fsp3) is 0.481. The van der Waals surface area contributed by atoms with E-state index in [9.17, 15) is 23.5 Å². The fourth-order valence-electron chi connectivity index (χ4n) is 3.46. The third kappa shape index (κ3) is 11.1. The number of carboxylic acid groups (broad SMARTS) is 1. The summed E-state index contributed by atoms with van der Waals surface area (Å²) >= 11 is 0. The highest BCUT2D eigenvalue weighted by Gasteiger charge is 2.18. The van der Waals surface area contributed by atoms with E-state index >= 15 is 0 Å². The number of carbonyl (C=O) groups excluding carboxylic acids is 1. The van der Waals surface area contributed by atoms with Gasteiger partial charge < -0.3 is 29.5 Å². The van der Waals surface area contributed by atoms with Crippen LogP contribution in [-0.2, 0) is 20.7 Å². The summed E-state index contributed by atoms with van der Waals surface area (Å²) in [6, 6.07) is 9.34. The van der Waals surface area contributed by atoms with Crippen LogP contribution in [0.15, 0.2) is 42.5 Å². The second kappa shape index (κ2) is 16.5. The van der Waals surface area contributed by atoms with Gasteiger partial charge >= 0.3 is 12.0 Å². The Hall–Kier alpha value is -3.24. The molecule has 204 valence electrons. The molecule has 8 nitrogen and oxygen atoms in total. The first-order valence-corrected chi connectivity index (χ1v) is 12.5. The molecular weight excluding hydrogens is 486 g/mol. The number of urea groups is 1. The number of halogens is 2. The molecular formula is C27H36F2N2O6. The number of nitrogens with zero attached hydrogens (tertiary/aromatic N) is 1. The molecule has 2 rings (SSSR count). The molecule has 0 fully saturated rings. The van der Waals surface area contributed by atoms with Gasteiger partial charge in [-0.3, -0.25) is 0 Å². The molecule has 0 saturated carbocycles. The number of rotatable bonds is 17. The highest BCUT2D eigenvalue weighted by molar-refractivity contribution is 5.89. The zero-order valence-electron chi connectivity index (χ0n) is 21.4. The lowest BCUT2D eigenvalue weighted by molar-refractivity contribution is -0.149. The lowest BCUT2D eigenvalue weighted by Gasteiger charge is -2.23. The number of benzene rings is 2. The normalized spacial score (nSPS) is 11.7. The average Bonchev–Trinajstić information content (AvgIpc) is 2.87. The first-order chi connectivity index (χ1) is 17.8. The standard InChI is InChI=1S/C27H36F2N2O6/c1-3-5-6-15-35-16-13-31(27(34)30-24-12-9-21(28)19-23(24)29)14-17-37-22-10-7-20(8-11-22)18-25(26(32)33)36-4-2/h7-12,19,25H,3-6,13-18H2,1-2H3,(H,30,34)(H,32,33). The minimum Gasteiger partial charge on any atom is -0.492 e. The molecule has 2 aromatic carbocycles. The maximum Gasteiger partial charge on any atom is 0.333 e. The van der Waals surface area contributed by atoms with Crippen molar-refractivity contribution in [3.05, 3.63) is 59.7 Å². The van der Waals surface area contributed by atoms with E-state index in [0.29, 0.717) is 31.6 Å². The Morgan fingerprint density at radius 3 is 2.38 bits per heavy atom. The highest BCUT2D eigenvalue weighted by atomic mass is 19.1. The lowest BCUT2D eigenvalue weighted by Crippen LogP contribution is -2.40. The Morgan fingerprint density at radius 1 is 1.00 bits per heavy atom. The summed E-state index contributed by atoms with van der Waals surface area (Å²) in [5.41, 5.74) is 0.666. The Morgan fingerprint density at radius 2 is 1.73 bits per heavy atom. The van der Waals surface area contributed by atoms with E-state index in [0.717, 1.165) is 30.9 Å². The summed E-state index contributed by atoms with van der Waals surface area (Å²) in [6.07, 6.45) is 2.38. The predicted molar refractivity (Wildman–Crippen MR) is 136 cm³/mol. The number of carbonyl (C=O) groups is 2. The van der Waals surface area contributed by atoms with Crippen LogP contribution in [0.3, 0.4) is 0 Å². The average molecular weight is 523 g/mol. The number of aliphatic carboxylic acids is 1. The van der Waals surface area contributed by atoms with Crippen LogP contribution in [0.1, 0.15) is 38.7 Å². The third-order valence-electron chi connectivity index (χ3n) is 5.48. The number of amides is 2. The molecule has 0 radical (unpaired) electrons. The summed E-state index contributed by atoms with van der Waals surface area (Å²) in [5, 5.41) is 11.7. The van der Waals surface area contributed by atoms with Crippen LogP contribution in [0.25, 0.3) is 0 Å². The van der Waals surface area contributed by atoms with Crippen LogP contribution < -0.4 is 10.1 Å². The van der Waals surface area contributed by atoms with Gasteiger partial charge in [0.05, 0.1) is 18.8 Å². The smallest absolute Gasteiger partial charge is 0.333 e. The highest BCUT2D eigenvalue weighted by Crippen LogP contribution is 2.17. The number of hydrogen-bond donors (Lipinski definition) is 2. The molecule has 2 amide bonds. The van der Waals surface area contributed by atoms with Gasteiger partial charge in [0, 0.05) is 32.2 Å². The summed E-state index contributed by atoms with van der Waals surface area (Å²) in [7, 11) is 0. The van der Waals surface area contributed by atoms with Gasteiger partial charge in [0.15, 0.2) is 6.10 Å². The van der Waals surface area contributed by atoms with E-state index in [-0.39, 0.29) is 31.8 Å². The summed E-state index contributed by atoms with van der Waals surface area (Å²) in [4.78, 5) is 25.5. The van der Waals surface area contributed by atoms with E-state index in [1.807, 2.05) is 0 Å². The number of nitrogens with one attached hydrogen (secondary N) is 1. The Kier molecular flexibility index (Phi) is 13.4. The molecule has 0 spiro atoms. The van der Waals surface area contributed by atoms with Gasteiger partial charge in [0.2, 0.25) is 0 Å². The van der Waals surface area contributed by atoms with Gasteiger partial charge in [-0.15, -0.1) is 0 Å². The lowest BCUT2D eigenvalue weighted by atomic mass is 10.1. The van der Waals surface area contributed by atoms with Gasteiger partial charge in [-0.1, -0.05) is 31.9 Å². The molecule has 0 aromatic heterocycles. The maximum absolute atomic E-state index is 14.0. The fourth-order valence-corrected chi connectivity index (χ4v) is 3.46. The summed E-state index contributed by atoms with van der Waals surface area (Å²) in [6.45, 7) is 5.66. The minimum absolute atomic E-state index is 0.122. The quantitative estimate of drug-likeness (QED) is 0.280. The molecule has 0 aliphatic carbocycles. The molecule has 0 saturated heterocycles. The number of ether oxygens (including phenoxy) is 3. The first-order valence-electron chi connectivity index (χ1n) is 12.5. The zero-order chi connectivity index (χ0) is 27.0. The third-order valence-corrected chi connectivity index (χ3v) is 5.48. The van der Waals surface area contributed by atoms with Crippen molar-refractivity contribution in [1.29, 1.82) is 0 Å². The topological polar surface area (TPSA) is 97.3 Å². The molecule has 1 unspecified atom stereocenters. The minimum atomic E-state index is -1.02. The zero-order valence-corrected chi connectivity index (χ0v) is 21.4. The molecule has 0 bridgehead atoms. The molecule has 2 N–H and O–H groups in total. The van der Waals surface area contributed by atoms with Gasteiger partial charge in [0.1, 0.15) is 24.0 Å². The number of carboxylic acids is 1. The van der Waals surface area contributed by atoms with Crippen LogP contribution >= 0.6 is 0 Å². The Labute approximate surface area is 216 Å².